The van der Waals surface area contributed by atoms with Gasteiger partial charge in [-0.3, -0.25) is 10.1 Å². The van der Waals surface area contributed by atoms with Crippen LogP contribution in [0.25, 0.3) is 6.08 Å². The van der Waals surface area contributed by atoms with E-state index in [0.717, 1.165) is 12.1 Å². The van der Waals surface area contributed by atoms with Crippen molar-refractivity contribution in [2.45, 2.75) is 0 Å². The standard InChI is InChI=1S/C8H7NO5/c1-2-4-3-5(9(13)14)7(11)8(12)6(4)10/h2-3,10-12H,1H2. The van der Waals surface area contributed by atoms with Gasteiger partial charge >= 0.3 is 5.69 Å². The van der Waals surface area contributed by atoms with Gasteiger partial charge in [-0.2, -0.15) is 0 Å². The van der Waals surface area contributed by atoms with Crippen LogP contribution in [0.3, 0.4) is 0 Å². The Labute approximate surface area is 78.5 Å². The van der Waals surface area contributed by atoms with E-state index in [2.05, 4.69) is 6.58 Å². The first-order valence-electron chi connectivity index (χ1n) is 3.53. The number of rotatable bonds is 2. The van der Waals surface area contributed by atoms with E-state index in [4.69, 9.17) is 10.2 Å². The molecule has 74 valence electrons. The maximum atomic E-state index is 10.4. The maximum absolute atomic E-state index is 10.4. The molecule has 0 aliphatic carbocycles. The maximum Gasteiger partial charge on any atom is 0.315 e. The summed E-state index contributed by atoms with van der Waals surface area (Å²) in [5.74, 6) is -2.52. The molecule has 0 amide bonds. The smallest absolute Gasteiger partial charge is 0.315 e. The second-order valence-electron chi connectivity index (χ2n) is 2.49. The van der Waals surface area contributed by atoms with Crippen LogP contribution < -0.4 is 0 Å². The molecule has 0 aromatic heterocycles. The Morgan fingerprint density at radius 1 is 1.29 bits per heavy atom. The third-order valence-corrected chi connectivity index (χ3v) is 1.67. The van der Waals surface area contributed by atoms with Gasteiger partial charge in [-0.1, -0.05) is 12.7 Å². The van der Waals surface area contributed by atoms with Gasteiger partial charge in [-0.05, 0) is 0 Å². The number of benzene rings is 1. The fourth-order valence-electron chi connectivity index (χ4n) is 0.949. The van der Waals surface area contributed by atoms with Gasteiger partial charge in [-0.25, -0.2) is 0 Å². The number of phenolic OH excluding ortho intramolecular Hbond substituents is 3. The number of phenols is 3. The van der Waals surface area contributed by atoms with Crippen LogP contribution in [-0.4, -0.2) is 20.2 Å². The zero-order valence-electron chi connectivity index (χ0n) is 6.97. The zero-order valence-corrected chi connectivity index (χ0v) is 6.97. The normalized spacial score (nSPS) is 9.71. The molecule has 0 atom stereocenters. The Kier molecular flexibility index (Phi) is 2.29. The highest BCUT2D eigenvalue weighted by Gasteiger charge is 2.22. The van der Waals surface area contributed by atoms with Crippen LogP contribution in [0.5, 0.6) is 17.2 Å². The number of hydrogen-bond donors (Lipinski definition) is 3. The van der Waals surface area contributed by atoms with Crippen molar-refractivity contribution < 1.29 is 20.2 Å². The first kappa shape index (κ1) is 9.85. The number of nitro groups is 1. The van der Waals surface area contributed by atoms with Gasteiger partial charge < -0.3 is 15.3 Å². The average Bonchev–Trinajstić information content (AvgIpc) is 2.14. The molecule has 1 aromatic carbocycles. The highest BCUT2D eigenvalue weighted by Crippen LogP contribution is 2.44. The molecule has 0 aliphatic rings. The fraction of sp³-hybridized carbons (Fsp3) is 0. The topological polar surface area (TPSA) is 104 Å². The summed E-state index contributed by atoms with van der Waals surface area (Å²) in [7, 11) is 0. The molecule has 0 fully saturated rings. The van der Waals surface area contributed by atoms with Gasteiger partial charge in [0, 0.05) is 11.6 Å². The van der Waals surface area contributed by atoms with E-state index in [0.29, 0.717) is 0 Å². The molecule has 1 rings (SSSR count). The van der Waals surface area contributed by atoms with Gasteiger partial charge in [0.25, 0.3) is 0 Å². The molecule has 0 saturated heterocycles. The summed E-state index contributed by atoms with van der Waals surface area (Å²) in [6, 6.07) is 0.914. The van der Waals surface area contributed by atoms with Crippen LogP contribution in [-0.2, 0) is 0 Å². The molecule has 0 radical (unpaired) electrons. The molecule has 0 unspecified atom stereocenters. The second-order valence-corrected chi connectivity index (χ2v) is 2.49. The van der Waals surface area contributed by atoms with E-state index in [-0.39, 0.29) is 5.56 Å². The first-order chi connectivity index (χ1) is 6.49. The van der Waals surface area contributed by atoms with E-state index in [9.17, 15) is 15.2 Å². The third kappa shape index (κ3) is 1.33. The summed E-state index contributed by atoms with van der Waals surface area (Å²) in [5.41, 5.74) is -0.706. The number of hydrogen-bond acceptors (Lipinski definition) is 5. The fourth-order valence-corrected chi connectivity index (χ4v) is 0.949. The summed E-state index contributed by atoms with van der Waals surface area (Å²) in [6.45, 7) is 3.29. The summed E-state index contributed by atoms with van der Waals surface area (Å²) >= 11 is 0. The van der Waals surface area contributed by atoms with Crippen LogP contribution >= 0.6 is 0 Å². The lowest BCUT2D eigenvalue weighted by molar-refractivity contribution is -0.386. The molecule has 0 heterocycles. The largest absolute Gasteiger partial charge is 0.504 e. The summed E-state index contributed by atoms with van der Waals surface area (Å²) in [4.78, 5) is 9.50. The van der Waals surface area contributed by atoms with Crippen molar-refractivity contribution in [2.24, 2.45) is 0 Å². The number of nitrogens with zero attached hydrogens (tertiary/aromatic N) is 1. The zero-order chi connectivity index (χ0) is 10.9. The average molecular weight is 197 g/mol. The van der Waals surface area contributed by atoms with E-state index >= 15 is 0 Å². The molecule has 0 spiro atoms. The van der Waals surface area contributed by atoms with Crippen LogP contribution in [0.4, 0.5) is 5.69 Å². The van der Waals surface area contributed by atoms with E-state index < -0.39 is 27.9 Å². The molecule has 0 aliphatic heterocycles. The Balaban J connectivity index is 3.56. The van der Waals surface area contributed by atoms with Crippen molar-refractivity contribution in [3.05, 3.63) is 28.3 Å². The molecule has 3 N–H and O–H groups in total. The van der Waals surface area contributed by atoms with Crippen LogP contribution in [0.2, 0.25) is 0 Å². The van der Waals surface area contributed by atoms with Crippen LogP contribution in [0, 0.1) is 10.1 Å². The summed E-state index contributed by atoms with van der Waals surface area (Å²) in [5, 5.41) is 37.7. The van der Waals surface area contributed by atoms with Gasteiger partial charge in [0.05, 0.1) is 4.92 Å². The molecular formula is C8H7NO5. The highest BCUT2D eigenvalue weighted by atomic mass is 16.6. The van der Waals surface area contributed by atoms with Gasteiger partial charge in [0.1, 0.15) is 0 Å². The minimum Gasteiger partial charge on any atom is -0.504 e. The monoisotopic (exact) mass is 197 g/mol. The third-order valence-electron chi connectivity index (χ3n) is 1.67. The molecular weight excluding hydrogens is 190 g/mol. The van der Waals surface area contributed by atoms with Crippen LogP contribution in [0.15, 0.2) is 12.6 Å². The molecule has 0 saturated carbocycles. The SMILES string of the molecule is C=Cc1cc([N+](=O)[O-])c(O)c(O)c1O. The highest BCUT2D eigenvalue weighted by molar-refractivity contribution is 5.70. The molecule has 6 nitrogen and oxygen atoms in total. The van der Waals surface area contributed by atoms with Crippen molar-refractivity contribution in [2.75, 3.05) is 0 Å². The lowest BCUT2D eigenvalue weighted by atomic mass is 10.1. The van der Waals surface area contributed by atoms with Crippen molar-refractivity contribution >= 4 is 11.8 Å². The summed E-state index contributed by atoms with van der Waals surface area (Å²) < 4.78 is 0. The Morgan fingerprint density at radius 2 is 1.86 bits per heavy atom. The molecule has 1 aromatic rings. The van der Waals surface area contributed by atoms with E-state index in [1.54, 1.807) is 0 Å². The Bertz CT molecular complexity index is 413. The lowest BCUT2D eigenvalue weighted by Crippen LogP contribution is -1.90. The van der Waals surface area contributed by atoms with Crippen molar-refractivity contribution in [1.82, 2.24) is 0 Å². The van der Waals surface area contributed by atoms with E-state index in [1.807, 2.05) is 0 Å². The molecule has 0 bridgehead atoms. The van der Waals surface area contributed by atoms with E-state index in [1.165, 1.54) is 0 Å². The lowest BCUT2D eigenvalue weighted by Gasteiger charge is -2.04. The first-order valence-corrected chi connectivity index (χ1v) is 3.53. The summed E-state index contributed by atoms with van der Waals surface area (Å²) in [6.07, 6.45) is 1.13. The van der Waals surface area contributed by atoms with Crippen LogP contribution in [0.1, 0.15) is 5.56 Å². The van der Waals surface area contributed by atoms with Crippen molar-refractivity contribution in [3.63, 3.8) is 0 Å². The minimum absolute atomic E-state index is 0.0213. The van der Waals surface area contributed by atoms with Gasteiger partial charge in [0.2, 0.25) is 11.5 Å². The Morgan fingerprint density at radius 3 is 2.29 bits per heavy atom. The predicted octanol–water partition coefficient (Wildman–Crippen LogP) is 1.35. The molecule has 6 heteroatoms. The van der Waals surface area contributed by atoms with Gasteiger partial charge in [-0.15, -0.1) is 0 Å². The quantitative estimate of drug-likeness (QED) is 0.377. The Hall–Kier alpha value is -2.24. The number of nitro benzene ring substituents is 1. The predicted molar refractivity (Wildman–Crippen MR) is 48.2 cm³/mol. The van der Waals surface area contributed by atoms with Gasteiger partial charge in [0.15, 0.2) is 5.75 Å². The second kappa shape index (κ2) is 3.25. The minimum atomic E-state index is -0.960. The molecule has 14 heavy (non-hydrogen) atoms. The van der Waals surface area contributed by atoms with Crippen molar-refractivity contribution in [1.29, 1.82) is 0 Å². The number of aromatic hydroxyl groups is 3. The van der Waals surface area contributed by atoms with Crippen molar-refractivity contribution in [3.8, 4) is 17.2 Å².